The molecule has 84 valence electrons. The van der Waals surface area contributed by atoms with Crippen LogP contribution in [0.25, 0.3) is 0 Å². The van der Waals surface area contributed by atoms with Crippen LogP contribution in [-0.2, 0) is 9.59 Å². The highest BCUT2D eigenvalue weighted by Crippen LogP contribution is 2.35. The SMILES string of the molecule is NC(=O)CN1C(=O)C(N)c2cc(Br)ccc21. The van der Waals surface area contributed by atoms with Crippen LogP contribution in [0.2, 0.25) is 0 Å². The van der Waals surface area contributed by atoms with Gasteiger partial charge in [-0.2, -0.15) is 0 Å². The first-order valence-electron chi connectivity index (χ1n) is 4.65. The molecule has 1 unspecified atom stereocenters. The third-order valence-electron chi connectivity index (χ3n) is 2.46. The maximum absolute atomic E-state index is 11.8. The minimum Gasteiger partial charge on any atom is -0.368 e. The van der Waals surface area contributed by atoms with Gasteiger partial charge in [-0.25, -0.2) is 0 Å². The van der Waals surface area contributed by atoms with Crippen LogP contribution in [0.1, 0.15) is 11.6 Å². The van der Waals surface area contributed by atoms with E-state index in [9.17, 15) is 9.59 Å². The van der Waals surface area contributed by atoms with Crippen molar-refractivity contribution in [2.24, 2.45) is 11.5 Å². The first-order valence-corrected chi connectivity index (χ1v) is 5.44. The number of hydrogen-bond donors (Lipinski definition) is 2. The summed E-state index contributed by atoms with van der Waals surface area (Å²) < 4.78 is 0.843. The third-order valence-corrected chi connectivity index (χ3v) is 2.95. The number of amides is 2. The van der Waals surface area contributed by atoms with Crippen LogP contribution in [0.5, 0.6) is 0 Å². The second kappa shape index (κ2) is 3.88. The first kappa shape index (κ1) is 11.1. The zero-order valence-electron chi connectivity index (χ0n) is 8.31. The number of primary amides is 1. The first-order chi connectivity index (χ1) is 7.50. The van der Waals surface area contributed by atoms with E-state index in [0.717, 1.165) is 4.47 Å². The second-order valence-electron chi connectivity index (χ2n) is 3.57. The van der Waals surface area contributed by atoms with E-state index < -0.39 is 11.9 Å². The Morgan fingerprint density at radius 2 is 2.19 bits per heavy atom. The molecule has 6 heteroatoms. The van der Waals surface area contributed by atoms with Crippen molar-refractivity contribution in [2.75, 3.05) is 11.4 Å². The maximum Gasteiger partial charge on any atom is 0.249 e. The van der Waals surface area contributed by atoms with Crippen LogP contribution < -0.4 is 16.4 Å². The van der Waals surface area contributed by atoms with Crippen LogP contribution in [-0.4, -0.2) is 18.4 Å². The summed E-state index contributed by atoms with van der Waals surface area (Å²) >= 11 is 3.31. The standard InChI is InChI=1S/C10H10BrN3O2/c11-5-1-2-7-6(3-5)9(13)10(16)14(7)4-8(12)15/h1-3,9H,4,13H2,(H2,12,15). The van der Waals surface area contributed by atoms with E-state index in [4.69, 9.17) is 11.5 Å². The topological polar surface area (TPSA) is 89.4 Å². The summed E-state index contributed by atoms with van der Waals surface area (Å²) in [7, 11) is 0. The number of halogens is 1. The van der Waals surface area contributed by atoms with Gasteiger partial charge in [-0.1, -0.05) is 15.9 Å². The molecule has 2 rings (SSSR count). The molecule has 0 bridgehead atoms. The van der Waals surface area contributed by atoms with Gasteiger partial charge in [0.2, 0.25) is 11.8 Å². The van der Waals surface area contributed by atoms with Crippen LogP contribution in [0.4, 0.5) is 5.69 Å². The molecule has 0 saturated heterocycles. The van der Waals surface area contributed by atoms with Crippen molar-refractivity contribution in [1.29, 1.82) is 0 Å². The van der Waals surface area contributed by atoms with Crippen molar-refractivity contribution in [3.63, 3.8) is 0 Å². The Bertz CT molecular complexity index is 475. The minimum absolute atomic E-state index is 0.138. The summed E-state index contributed by atoms with van der Waals surface area (Å²) in [5.74, 6) is -0.858. The lowest BCUT2D eigenvalue weighted by Gasteiger charge is -2.14. The van der Waals surface area contributed by atoms with E-state index in [1.807, 2.05) is 0 Å². The molecule has 1 heterocycles. The lowest BCUT2D eigenvalue weighted by molar-refractivity contribution is -0.122. The minimum atomic E-state index is -0.716. The van der Waals surface area contributed by atoms with E-state index in [0.29, 0.717) is 11.3 Å². The molecule has 2 amide bonds. The van der Waals surface area contributed by atoms with Gasteiger partial charge >= 0.3 is 0 Å². The average molecular weight is 284 g/mol. The normalized spacial score (nSPS) is 18.8. The smallest absolute Gasteiger partial charge is 0.249 e. The number of rotatable bonds is 2. The lowest BCUT2D eigenvalue weighted by Crippen LogP contribution is -2.38. The van der Waals surface area contributed by atoms with Gasteiger partial charge in [-0.05, 0) is 18.2 Å². The Hall–Kier alpha value is -1.40. The molecule has 16 heavy (non-hydrogen) atoms. The van der Waals surface area contributed by atoms with E-state index in [-0.39, 0.29) is 12.5 Å². The van der Waals surface area contributed by atoms with Crippen LogP contribution >= 0.6 is 15.9 Å². The molecule has 0 aromatic heterocycles. The fraction of sp³-hybridized carbons (Fsp3) is 0.200. The van der Waals surface area contributed by atoms with Gasteiger partial charge in [0.1, 0.15) is 12.6 Å². The number of nitrogens with two attached hydrogens (primary N) is 2. The molecule has 0 fully saturated rings. The molecule has 0 saturated carbocycles. The van der Waals surface area contributed by atoms with Gasteiger partial charge in [0.15, 0.2) is 0 Å². The summed E-state index contributed by atoms with van der Waals surface area (Å²) in [4.78, 5) is 24.0. The molecule has 1 atom stereocenters. The number of fused-ring (bicyclic) bond motifs is 1. The second-order valence-corrected chi connectivity index (χ2v) is 4.49. The molecule has 1 aromatic carbocycles. The van der Waals surface area contributed by atoms with Gasteiger partial charge in [0.25, 0.3) is 0 Å². The fourth-order valence-corrected chi connectivity index (χ4v) is 2.14. The molecular weight excluding hydrogens is 274 g/mol. The summed E-state index contributed by atoms with van der Waals surface area (Å²) in [6, 6.07) is 4.59. The highest BCUT2D eigenvalue weighted by Gasteiger charge is 2.35. The Morgan fingerprint density at radius 1 is 1.50 bits per heavy atom. The Kier molecular flexibility index (Phi) is 2.69. The maximum atomic E-state index is 11.8. The monoisotopic (exact) mass is 283 g/mol. The van der Waals surface area contributed by atoms with Crippen molar-refractivity contribution in [3.05, 3.63) is 28.2 Å². The zero-order valence-corrected chi connectivity index (χ0v) is 9.90. The summed E-state index contributed by atoms with van der Waals surface area (Å²) in [6.07, 6.45) is 0. The quantitative estimate of drug-likeness (QED) is 0.817. The Morgan fingerprint density at radius 3 is 2.81 bits per heavy atom. The van der Waals surface area contributed by atoms with Gasteiger partial charge < -0.3 is 16.4 Å². The molecule has 1 aromatic rings. The van der Waals surface area contributed by atoms with Crippen molar-refractivity contribution in [1.82, 2.24) is 0 Å². The Labute approximate surface area is 101 Å². The number of nitrogens with zero attached hydrogens (tertiary/aromatic N) is 1. The predicted molar refractivity (Wildman–Crippen MR) is 62.6 cm³/mol. The van der Waals surface area contributed by atoms with Crippen molar-refractivity contribution >= 4 is 33.4 Å². The largest absolute Gasteiger partial charge is 0.368 e. The summed E-state index contributed by atoms with van der Waals surface area (Å²) in [5.41, 5.74) is 12.2. The molecule has 4 N–H and O–H groups in total. The molecule has 0 radical (unpaired) electrons. The lowest BCUT2D eigenvalue weighted by atomic mass is 10.1. The molecular formula is C10H10BrN3O2. The number of carbonyl (C=O) groups is 2. The third kappa shape index (κ3) is 1.70. The highest BCUT2D eigenvalue weighted by molar-refractivity contribution is 9.10. The number of hydrogen-bond acceptors (Lipinski definition) is 3. The number of anilines is 1. The van der Waals surface area contributed by atoms with Gasteiger partial charge in [-0.3, -0.25) is 9.59 Å². The van der Waals surface area contributed by atoms with E-state index in [2.05, 4.69) is 15.9 Å². The predicted octanol–water partition coefficient (Wildman–Crippen LogP) is 0.281. The van der Waals surface area contributed by atoms with Crippen molar-refractivity contribution in [2.45, 2.75) is 6.04 Å². The summed E-state index contributed by atoms with van der Waals surface area (Å²) in [5, 5.41) is 0. The average Bonchev–Trinajstić information content (AvgIpc) is 2.43. The Balaban J connectivity index is 2.45. The molecule has 5 nitrogen and oxygen atoms in total. The highest BCUT2D eigenvalue weighted by atomic mass is 79.9. The van der Waals surface area contributed by atoms with Crippen LogP contribution in [0.15, 0.2) is 22.7 Å². The van der Waals surface area contributed by atoms with Crippen molar-refractivity contribution in [3.8, 4) is 0 Å². The van der Waals surface area contributed by atoms with Crippen LogP contribution in [0.3, 0.4) is 0 Å². The van der Waals surface area contributed by atoms with E-state index >= 15 is 0 Å². The van der Waals surface area contributed by atoms with Gasteiger partial charge in [0, 0.05) is 15.7 Å². The fourth-order valence-electron chi connectivity index (χ4n) is 1.76. The van der Waals surface area contributed by atoms with E-state index in [1.54, 1.807) is 18.2 Å². The molecule has 0 spiro atoms. The van der Waals surface area contributed by atoms with Crippen molar-refractivity contribution < 1.29 is 9.59 Å². The number of carbonyl (C=O) groups excluding carboxylic acids is 2. The van der Waals surface area contributed by atoms with Crippen LogP contribution in [0, 0.1) is 0 Å². The molecule has 1 aliphatic heterocycles. The van der Waals surface area contributed by atoms with Gasteiger partial charge in [-0.15, -0.1) is 0 Å². The van der Waals surface area contributed by atoms with Gasteiger partial charge in [0.05, 0.1) is 0 Å². The van der Waals surface area contributed by atoms with E-state index in [1.165, 1.54) is 4.90 Å². The zero-order chi connectivity index (χ0) is 11.9. The molecule has 0 aliphatic carbocycles. The number of benzene rings is 1. The molecule has 1 aliphatic rings. The summed E-state index contributed by atoms with van der Waals surface area (Å²) in [6.45, 7) is -0.138.